The number of hydrogen-bond acceptors (Lipinski definition) is 4. The predicted octanol–water partition coefficient (Wildman–Crippen LogP) is 2.36. The molecular formula is C12H13NO4. The van der Waals surface area contributed by atoms with Gasteiger partial charge in [0.25, 0.3) is 0 Å². The molecule has 5 nitrogen and oxygen atoms in total. The van der Waals surface area contributed by atoms with Crippen LogP contribution in [0.4, 0.5) is 0 Å². The van der Waals surface area contributed by atoms with E-state index < -0.39 is 11.9 Å². The van der Waals surface area contributed by atoms with E-state index in [1.54, 1.807) is 26.0 Å². The number of phenolic OH excluding ortho intramolecular Hbond substituents is 1. The lowest BCUT2D eigenvalue weighted by Gasteiger charge is -2.17. The summed E-state index contributed by atoms with van der Waals surface area (Å²) >= 11 is 0. The highest BCUT2D eigenvalue weighted by atomic mass is 16.4. The maximum Gasteiger partial charge on any atom is 0.311 e. The Hall–Kier alpha value is -2.04. The summed E-state index contributed by atoms with van der Waals surface area (Å²) in [6.45, 7) is 3.59. The van der Waals surface area contributed by atoms with Crippen molar-refractivity contribution in [3.05, 3.63) is 24.1 Å². The van der Waals surface area contributed by atoms with Crippen molar-refractivity contribution in [3.63, 3.8) is 0 Å². The molecule has 0 spiro atoms. The number of hydrogen-bond donors (Lipinski definition) is 2. The Labute approximate surface area is 97.7 Å². The van der Waals surface area contributed by atoms with Crippen molar-refractivity contribution in [2.24, 2.45) is 5.92 Å². The highest BCUT2D eigenvalue weighted by Crippen LogP contribution is 2.36. The molecule has 0 saturated carbocycles. The van der Waals surface area contributed by atoms with E-state index in [0.717, 1.165) is 0 Å². The van der Waals surface area contributed by atoms with Crippen LogP contribution in [0, 0.1) is 5.92 Å². The second-order valence-corrected chi connectivity index (χ2v) is 4.26. The van der Waals surface area contributed by atoms with E-state index >= 15 is 0 Å². The van der Waals surface area contributed by atoms with E-state index in [-0.39, 0.29) is 17.3 Å². The first kappa shape index (κ1) is 11.4. The summed E-state index contributed by atoms with van der Waals surface area (Å²) in [5.74, 6) is -1.99. The Kier molecular flexibility index (Phi) is 2.75. The molecule has 1 unspecified atom stereocenters. The number of nitrogens with zero attached hydrogens (tertiary/aromatic N) is 1. The third-order valence-corrected chi connectivity index (χ3v) is 2.77. The molecule has 90 valence electrons. The van der Waals surface area contributed by atoms with Crippen LogP contribution < -0.4 is 0 Å². The number of oxazole rings is 1. The molecule has 0 saturated heterocycles. The average molecular weight is 235 g/mol. The number of phenols is 1. The fraction of sp³-hybridized carbons (Fsp3) is 0.333. The Bertz CT molecular complexity index is 559. The molecule has 1 atom stereocenters. The summed E-state index contributed by atoms with van der Waals surface area (Å²) in [4.78, 5) is 15.1. The van der Waals surface area contributed by atoms with Gasteiger partial charge in [-0.1, -0.05) is 19.9 Å². The van der Waals surface area contributed by atoms with Gasteiger partial charge in [0, 0.05) is 5.56 Å². The highest BCUT2D eigenvalue weighted by molar-refractivity contribution is 5.85. The zero-order chi connectivity index (χ0) is 12.6. The van der Waals surface area contributed by atoms with Gasteiger partial charge in [0.05, 0.1) is 5.92 Å². The summed E-state index contributed by atoms with van der Waals surface area (Å²) < 4.78 is 5.04. The van der Waals surface area contributed by atoms with Crippen molar-refractivity contribution in [3.8, 4) is 5.75 Å². The SMILES string of the molecule is CC(C)C(C(=O)O)c1ccc2ncoc2c1O. The Morgan fingerprint density at radius 3 is 2.71 bits per heavy atom. The van der Waals surface area contributed by atoms with Gasteiger partial charge in [-0.2, -0.15) is 0 Å². The quantitative estimate of drug-likeness (QED) is 0.853. The largest absolute Gasteiger partial charge is 0.504 e. The van der Waals surface area contributed by atoms with Crippen LogP contribution >= 0.6 is 0 Å². The third-order valence-electron chi connectivity index (χ3n) is 2.77. The summed E-state index contributed by atoms with van der Waals surface area (Å²) in [6.07, 6.45) is 1.22. The van der Waals surface area contributed by atoms with Crippen LogP contribution in [0.25, 0.3) is 11.1 Å². The van der Waals surface area contributed by atoms with Crippen LogP contribution in [-0.4, -0.2) is 21.2 Å². The van der Waals surface area contributed by atoms with Gasteiger partial charge in [-0.3, -0.25) is 4.79 Å². The predicted molar refractivity (Wildman–Crippen MR) is 60.9 cm³/mol. The lowest BCUT2D eigenvalue weighted by Crippen LogP contribution is -2.17. The summed E-state index contributed by atoms with van der Waals surface area (Å²) in [5, 5.41) is 19.2. The van der Waals surface area contributed by atoms with Crippen LogP contribution in [-0.2, 0) is 4.79 Å². The Morgan fingerprint density at radius 2 is 2.12 bits per heavy atom. The molecular weight excluding hydrogens is 222 g/mol. The first-order valence-electron chi connectivity index (χ1n) is 5.30. The molecule has 2 N–H and O–H groups in total. The molecule has 1 aromatic carbocycles. The molecule has 0 aliphatic rings. The number of aromatic nitrogens is 1. The van der Waals surface area contributed by atoms with Crippen LogP contribution in [0.3, 0.4) is 0 Å². The van der Waals surface area contributed by atoms with Gasteiger partial charge in [0.1, 0.15) is 5.52 Å². The Morgan fingerprint density at radius 1 is 1.41 bits per heavy atom. The Balaban J connectivity index is 2.61. The smallest absolute Gasteiger partial charge is 0.311 e. The zero-order valence-electron chi connectivity index (χ0n) is 9.54. The molecule has 5 heteroatoms. The second-order valence-electron chi connectivity index (χ2n) is 4.26. The number of fused-ring (bicyclic) bond motifs is 1. The fourth-order valence-electron chi connectivity index (χ4n) is 1.96. The van der Waals surface area contributed by atoms with E-state index in [1.165, 1.54) is 6.39 Å². The van der Waals surface area contributed by atoms with E-state index in [2.05, 4.69) is 4.98 Å². The lowest BCUT2D eigenvalue weighted by molar-refractivity contribution is -0.139. The molecule has 0 aliphatic carbocycles. The van der Waals surface area contributed by atoms with E-state index in [4.69, 9.17) is 4.42 Å². The normalized spacial score (nSPS) is 13.1. The van der Waals surface area contributed by atoms with Crippen LogP contribution in [0.15, 0.2) is 22.9 Å². The molecule has 0 radical (unpaired) electrons. The highest BCUT2D eigenvalue weighted by Gasteiger charge is 2.27. The molecule has 2 aromatic rings. The third kappa shape index (κ3) is 1.84. The van der Waals surface area contributed by atoms with Gasteiger partial charge < -0.3 is 14.6 Å². The van der Waals surface area contributed by atoms with Gasteiger partial charge in [-0.15, -0.1) is 0 Å². The number of carboxylic acids is 1. The van der Waals surface area contributed by atoms with Gasteiger partial charge in [0.2, 0.25) is 0 Å². The molecule has 0 bridgehead atoms. The van der Waals surface area contributed by atoms with Gasteiger partial charge >= 0.3 is 5.97 Å². The second kappa shape index (κ2) is 4.08. The summed E-state index contributed by atoms with van der Waals surface area (Å²) in [5.41, 5.74) is 1.10. The van der Waals surface area contributed by atoms with Crippen molar-refractivity contribution >= 4 is 17.1 Å². The van der Waals surface area contributed by atoms with Gasteiger partial charge in [-0.25, -0.2) is 4.98 Å². The van der Waals surface area contributed by atoms with Crippen molar-refractivity contribution < 1.29 is 19.4 Å². The average Bonchev–Trinajstić information content (AvgIpc) is 2.69. The maximum atomic E-state index is 11.2. The molecule has 17 heavy (non-hydrogen) atoms. The van der Waals surface area contributed by atoms with E-state index in [9.17, 15) is 15.0 Å². The fourth-order valence-corrected chi connectivity index (χ4v) is 1.96. The summed E-state index contributed by atoms with van der Waals surface area (Å²) in [6, 6.07) is 3.23. The minimum absolute atomic E-state index is 0.126. The van der Waals surface area contributed by atoms with E-state index in [1.807, 2.05) is 0 Å². The van der Waals surface area contributed by atoms with Gasteiger partial charge in [-0.05, 0) is 12.0 Å². The topological polar surface area (TPSA) is 83.6 Å². The number of aliphatic carboxylic acids is 1. The van der Waals surface area contributed by atoms with Crippen molar-refractivity contribution in [2.45, 2.75) is 19.8 Å². The van der Waals surface area contributed by atoms with Crippen LogP contribution in [0.5, 0.6) is 5.75 Å². The lowest BCUT2D eigenvalue weighted by atomic mass is 9.88. The molecule has 1 aromatic heterocycles. The van der Waals surface area contributed by atoms with E-state index in [0.29, 0.717) is 11.1 Å². The number of carboxylic acid groups (broad SMARTS) is 1. The summed E-state index contributed by atoms with van der Waals surface area (Å²) in [7, 11) is 0. The molecule has 0 amide bonds. The molecule has 0 aliphatic heterocycles. The number of rotatable bonds is 3. The monoisotopic (exact) mass is 235 g/mol. The van der Waals surface area contributed by atoms with Crippen LogP contribution in [0.2, 0.25) is 0 Å². The minimum atomic E-state index is -0.964. The molecule has 1 heterocycles. The van der Waals surface area contributed by atoms with Crippen LogP contribution in [0.1, 0.15) is 25.3 Å². The number of benzene rings is 1. The number of carbonyl (C=O) groups is 1. The zero-order valence-corrected chi connectivity index (χ0v) is 9.54. The minimum Gasteiger partial charge on any atom is -0.504 e. The molecule has 0 fully saturated rings. The van der Waals surface area contributed by atoms with Crippen molar-refractivity contribution in [2.75, 3.05) is 0 Å². The first-order chi connectivity index (χ1) is 8.02. The van der Waals surface area contributed by atoms with Crippen molar-refractivity contribution in [1.29, 1.82) is 0 Å². The molecule has 2 rings (SSSR count). The standard InChI is InChI=1S/C12H13NO4/c1-6(2)9(12(15)16)7-3-4-8-11(10(7)14)17-5-13-8/h3-6,9,14H,1-2H3,(H,15,16). The van der Waals surface area contributed by atoms with Gasteiger partial charge in [0.15, 0.2) is 17.7 Å². The van der Waals surface area contributed by atoms with Crippen molar-refractivity contribution in [1.82, 2.24) is 4.98 Å². The maximum absolute atomic E-state index is 11.2. The first-order valence-corrected chi connectivity index (χ1v) is 5.30. The number of aromatic hydroxyl groups is 1.